The van der Waals surface area contributed by atoms with Crippen molar-refractivity contribution in [3.8, 4) is 5.75 Å². The molecule has 3 aromatic rings. The van der Waals surface area contributed by atoms with E-state index in [0.717, 1.165) is 5.75 Å². The van der Waals surface area contributed by atoms with E-state index in [1.54, 1.807) is 29.5 Å². The van der Waals surface area contributed by atoms with Gasteiger partial charge in [0.1, 0.15) is 12.4 Å². The SMILES string of the molecule is Cc1ccc(OCCN(C)C(=O)Cc2csc(NC(=O)c3ccco3)n2)cc1. The number of amides is 2. The summed E-state index contributed by atoms with van der Waals surface area (Å²) in [7, 11) is 1.73. The fraction of sp³-hybridized carbons (Fsp3) is 0.250. The van der Waals surface area contributed by atoms with Crippen molar-refractivity contribution in [1.29, 1.82) is 0 Å². The highest BCUT2D eigenvalue weighted by atomic mass is 32.1. The van der Waals surface area contributed by atoms with E-state index in [4.69, 9.17) is 9.15 Å². The Morgan fingerprint density at radius 3 is 2.75 bits per heavy atom. The first-order valence-corrected chi connectivity index (χ1v) is 9.62. The second kappa shape index (κ2) is 9.18. The van der Waals surface area contributed by atoms with Gasteiger partial charge in [-0.3, -0.25) is 14.9 Å². The Kier molecular flexibility index (Phi) is 6.44. The average Bonchev–Trinajstić information content (AvgIpc) is 3.35. The fourth-order valence-corrected chi connectivity index (χ4v) is 3.07. The molecule has 0 aliphatic carbocycles. The highest BCUT2D eigenvalue weighted by Crippen LogP contribution is 2.17. The van der Waals surface area contributed by atoms with E-state index >= 15 is 0 Å². The van der Waals surface area contributed by atoms with E-state index in [1.165, 1.54) is 23.2 Å². The number of aryl methyl sites for hydroxylation is 1. The molecule has 28 heavy (non-hydrogen) atoms. The Balaban J connectivity index is 1.44. The van der Waals surface area contributed by atoms with Crippen LogP contribution in [-0.4, -0.2) is 41.9 Å². The highest BCUT2D eigenvalue weighted by Gasteiger charge is 2.15. The number of aromatic nitrogens is 1. The average molecular weight is 399 g/mol. The van der Waals surface area contributed by atoms with Crippen molar-refractivity contribution in [1.82, 2.24) is 9.88 Å². The third kappa shape index (κ3) is 5.43. The topological polar surface area (TPSA) is 84.7 Å². The number of benzene rings is 1. The molecule has 1 N–H and O–H groups in total. The van der Waals surface area contributed by atoms with Crippen molar-refractivity contribution >= 4 is 28.3 Å². The van der Waals surface area contributed by atoms with Gasteiger partial charge in [-0.25, -0.2) is 4.98 Å². The molecule has 0 spiro atoms. The monoisotopic (exact) mass is 399 g/mol. The van der Waals surface area contributed by atoms with Gasteiger partial charge in [-0.2, -0.15) is 0 Å². The Bertz CT molecular complexity index is 919. The van der Waals surface area contributed by atoms with Crippen molar-refractivity contribution in [2.45, 2.75) is 13.3 Å². The lowest BCUT2D eigenvalue weighted by Crippen LogP contribution is -2.32. The van der Waals surface area contributed by atoms with Crippen molar-refractivity contribution < 1.29 is 18.7 Å². The number of nitrogens with one attached hydrogen (secondary N) is 1. The molecule has 7 nitrogen and oxygen atoms in total. The number of carbonyl (C=O) groups excluding carboxylic acids is 2. The van der Waals surface area contributed by atoms with E-state index in [0.29, 0.717) is 24.0 Å². The number of ether oxygens (including phenoxy) is 1. The quantitative estimate of drug-likeness (QED) is 0.628. The number of likely N-dealkylation sites (N-methyl/N-ethyl adjacent to an activating group) is 1. The van der Waals surface area contributed by atoms with E-state index in [2.05, 4.69) is 10.3 Å². The number of hydrogen-bond acceptors (Lipinski definition) is 6. The van der Waals surface area contributed by atoms with Gasteiger partial charge in [0.15, 0.2) is 10.9 Å². The molecule has 2 heterocycles. The van der Waals surface area contributed by atoms with Crippen LogP contribution in [0.4, 0.5) is 5.13 Å². The molecular formula is C20H21N3O4S. The molecule has 0 saturated heterocycles. The first-order chi connectivity index (χ1) is 13.5. The molecule has 0 radical (unpaired) electrons. The second-order valence-electron chi connectivity index (χ2n) is 6.23. The van der Waals surface area contributed by atoms with Gasteiger partial charge in [0, 0.05) is 12.4 Å². The second-order valence-corrected chi connectivity index (χ2v) is 7.09. The predicted octanol–water partition coefficient (Wildman–Crippen LogP) is 3.38. The molecular weight excluding hydrogens is 378 g/mol. The zero-order valence-electron chi connectivity index (χ0n) is 15.7. The zero-order valence-corrected chi connectivity index (χ0v) is 16.5. The Morgan fingerprint density at radius 1 is 1.25 bits per heavy atom. The van der Waals surface area contributed by atoms with Gasteiger partial charge in [0.2, 0.25) is 5.91 Å². The third-order valence-corrected chi connectivity index (χ3v) is 4.80. The Morgan fingerprint density at radius 2 is 2.04 bits per heavy atom. The van der Waals surface area contributed by atoms with Crippen LogP contribution in [-0.2, 0) is 11.2 Å². The van der Waals surface area contributed by atoms with Gasteiger partial charge in [-0.05, 0) is 31.2 Å². The minimum atomic E-state index is -0.373. The number of anilines is 1. The summed E-state index contributed by atoms with van der Waals surface area (Å²) in [4.78, 5) is 30.2. The third-order valence-electron chi connectivity index (χ3n) is 3.99. The minimum absolute atomic E-state index is 0.0679. The summed E-state index contributed by atoms with van der Waals surface area (Å²) in [5.41, 5.74) is 1.78. The predicted molar refractivity (Wildman–Crippen MR) is 107 cm³/mol. The molecule has 0 bridgehead atoms. The Labute approximate surface area is 167 Å². The normalized spacial score (nSPS) is 10.5. The van der Waals surface area contributed by atoms with Crippen LogP contribution < -0.4 is 10.1 Å². The maximum Gasteiger partial charge on any atom is 0.293 e. The largest absolute Gasteiger partial charge is 0.492 e. The molecule has 8 heteroatoms. The van der Waals surface area contributed by atoms with Gasteiger partial charge >= 0.3 is 0 Å². The number of furan rings is 1. The molecule has 0 unspecified atom stereocenters. The fourth-order valence-electron chi connectivity index (χ4n) is 2.36. The van der Waals surface area contributed by atoms with Crippen LogP contribution >= 0.6 is 11.3 Å². The molecule has 2 amide bonds. The lowest BCUT2D eigenvalue weighted by Gasteiger charge is -2.17. The smallest absolute Gasteiger partial charge is 0.293 e. The van der Waals surface area contributed by atoms with E-state index in [1.807, 2.05) is 31.2 Å². The summed E-state index contributed by atoms with van der Waals surface area (Å²) in [6.45, 7) is 2.90. The lowest BCUT2D eigenvalue weighted by atomic mass is 10.2. The molecule has 0 fully saturated rings. The van der Waals surface area contributed by atoms with Gasteiger partial charge < -0.3 is 14.1 Å². The van der Waals surface area contributed by atoms with E-state index in [9.17, 15) is 9.59 Å². The molecule has 0 aliphatic rings. The summed E-state index contributed by atoms with van der Waals surface area (Å²) in [6, 6.07) is 11.0. The summed E-state index contributed by atoms with van der Waals surface area (Å²) < 4.78 is 10.7. The summed E-state index contributed by atoms with van der Waals surface area (Å²) in [5.74, 6) is 0.549. The first-order valence-electron chi connectivity index (χ1n) is 8.74. The highest BCUT2D eigenvalue weighted by molar-refractivity contribution is 7.14. The van der Waals surface area contributed by atoms with Crippen LogP contribution in [0.5, 0.6) is 5.75 Å². The van der Waals surface area contributed by atoms with Crippen molar-refractivity contribution in [3.63, 3.8) is 0 Å². The van der Waals surface area contributed by atoms with Crippen molar-refractivity contribution in [2.75, 3.05) is 25.5 Å². The number of thiazole rings is 1. The summed E-state index contributed by atoms with van der Waals surface area (Å²) in [6.07, 6.45) is 1.59. The molecule has 3 rings (SSSR count). The standard InChI is InChI=1S/C20H21N3O4S/c1-14-5-7-16(8-6-14)26-11-9-23(2)18(24)12-15-13-28-20(21-15)22-19(25)17-4-3-10-27-17/h3-8,10,13H,9,11-12H2,1-2H3,(H,21,22,25). The molecule has 0 aliphatic heterocycles. The van der Waals surface area contributed by atoms with Gasteiger partial charge in [-0.15, -0.1) is 11.3 Å². The van der Waals surface area contributed by atoms with Crippen LogP contribution in [0.25, 0.3) is 0 Å². The van der Waals surface area contributed by atoms with E-state index < -0.39 is 0 Å². The molecule has 146 valence electrons. The number of carbonyl (C=O) groups is 2. The van der Waals surface area contributed by atoms with E-state index in [-0.39, 0.29) is 24.0 Å². The number of hydrogen-bond donors (Lipinski definition) is 1. The summed E-state index contributed by atoms with van der Waals surface area (Å²) in [5, 5.41) is 4.84. The van der Waals surface area contributed by atoms with Crippen molar-refractivity contribution in [2.24, 2.45) is 0 Å². The molecule has 2 aromatic heterocycles. The molecule has 0 atom stereocenters. The maximum absolute atomic E-state index is 12.4. The van der Waals surface area contributed by atoms with Gasteiger partial charge in [-0.1, -0.05) is 17.7 Å². The molecule has 0 saturated carbocycles. The van der Waals surface area contributed by atoms with Gasteiger partial charge in [0.05, 0.1) is 24.9 Å². The van der Waals surface area contributed by atoms with Crippen molar-refractivity contribution in [3.05, 3.63) is 65.1 Å². The number of rotatable bonds is 8. The first kappa shape index (κ1) is 19.6. The van der Waals surface area contributed by atoms with Crippen LogP contribution in [0.3, 0.4) is 0 Å². The zero-order chi connectivity index (χ0) is 19.9. The minimum Gasteiger partial charge on any atom is -0.492 e. The van der Waals surface area contributed by atoms with Crippen LogP contribution in [0.1, 0.15) is 21.8 Å². The van der Waals surface area contributed by atoms with Crippen LogP contribution in [0, 0.1) is 6.92 Å². The van der Waals surface area contributed by atoms with Crippen LogP contribution in [0.15, 0.2) is 52.5 Å². The number of nitrogens with zero attached hydrogens (tertiary/aromatic N) is 2. The summed E-state index contributed by atoms with van der Waals surface area (Å²) >= 11 is 1.26. The Hall–Kier alpha value is -3.13. The maximum atomic E-state index is 12.4. The molecule has 1 aromatic carbocycles. The lowest BCUT2D eigenvalue weighted by molar-refractivity contribution is -0.129. The van der Waals surface area contributed by atoms with Gasteiger partial charge in [0.25, 0.3) is 5.91 Å². The van der Waals surface area contributed by atoms with Crippen LogP contribution in [0.2, 0.25) is 0 Å².